The molecule has 70 heavy (non-hydrogen) atoms. The lowest BCUT2D eigenvalue weighted by molar-refractivity contribution is 0.473. The predicted molar refractivity (Wildman–Crippen MR) is 282 cm³/mol. The molecule has 0 unspecified atom stereocenters. The van der Waals surface area contributed by atoms with Crippen LogP contribution in [-0.2, 0) is 10.8 Å². The van der Waals surface area contributed by atoms with E-state index in [2.05, 4.69) is 133 Å². The van der Waals surface area contributed by atoms with Crippen LogP contribution in [0.5, 0.6) is 23.0 Å². The maximum atomic E-state index is 10.5. The van der Waals surface area contributed by atoms with Crippen molar-refractivity contribution in [2.75, 3.05) is 0 Å². The van der Waals surface area contributed by atoms with Crippen molar-refractivity contribution in [1.29, 1.82) is 0 Å². The third kappa shape index (κ3) is 5.41. The largest absolute Gasteiger partial charge is 0.508 e. The number of phenols is 4. The highest BCUT2D eigenvalue weighted by molar-refractivity contribution is 6.27. The van der Waals surface area contributed by atoms with Crippen LogP contribution in [0.2, 0.25) is 0 Å². The van der Waals surface area contributed by atoms with Crippen molar-refractivity contribution in [3.63, 3.8) is 0 Å². The van der Waals surface area contributed by atoms with Gasteiger partial charge in [-0.25, -0.2) is 0 Å². The van der Waals surface area contributed by atoms with E-state index in [9.17, 15) is 20.4 Å². The summed E-state index contributed by atoms with van der Waals surface area (Å²) in [5, 5.41) is 49.2. The minimum absolute atomic E-state index is 0.208. The van der Waals surface area contributed by atoms with Crippen LogP contribution in [-0.4, -0.2) is 20.4 Å². The van der Waals surface area contributed by atoms with Gasteiger partial charge in [0.05, 0.1) is 10.8 Å². The summed E-state index contributed by atoms with van der Waals surface area (Å²) in [5.41, 5.74) is 16.4. The monoisotopic (exact) mass is 898 g/mol. The van der Waals surface area contributed by atoms with E-state index in [-0.39, 0.29) is 23.0 Å². The number of hydrogen-bond acceptors (Lipinski definition) is 4. The van der Waals surface area contributed by atoms with Crippen LogP contribution in [0.15, 0.2) is 231 Å². The molecule has 0 spiro atoms. The molecular formula is C66H42O4. The molecule has 330 valence electrons. The number of phenolic OH excluding ortho intramolecular Hbond substituents is 4. The Kier molecular flexibility index (Phi) is 8.39. The summed E-state index contributed by atoms with van der Waals surface area (Å²) in [4.78, 5) is 0. The molecule has 0 saturated carbocycles. The summed E-state index contributed by atoms with van der Waals surface area (Å²) in [6, 6.07) is 79.4. The van der Waals surface area contributed by atoms with E-state index in [1.165, 1.54) is 32.3 Å². The predicted octanol–water partition coefficient (Wildman–Crippen LogP) is 15.5. The van der Waals surface area contributed by atoms with E-state index in [0.29, 0.717) is 0 Å². The first-order chi connectivity index (χ1) is 34.3. The van der Waals surface area contributed by atoms with Gasteiger partial charge in [-0.1, -0.05) is 170 Å². The maximum Gasteiger partial charge on any atom is 0.115 e. The van der Waals surface area contributed by atoms with Gasteiger partial charge in [0.2, 0.25) is 0 Å². The van der Waals surface area contributed by atoms with Crippen molar-refractivity contribution in [1.82, 2.24) is 0 Å². The first-order valence-electron chi connectivity index (χ1n) is 23.7. The highest BCUT2D eigenvalue weighted by Crippen LogP contribution is 2.59. The Balaban J connectivity index is 0.975. The highest BCUT2D eigenvalue weighted by Gasteiger charge is 2.48. The Morgan fingerprint density at radius 1 is 0.243 bits per heavy atom. The van der Waals surface area contributed by atoms with Crippen LogP contribution >= 0.6 is 0 Å². The lowest BCUT2D eigenvalue weighted by atomic mass is 9.67. The molecule has 2 aliphatic rings. The molecule has 14 rings (SSSR count). The number of fused-ring (bicyclic) bond motifs is 6. The molecule has 0 aromatic heterocycles. The zero-order valence-corrected chi connectivity index (χ0v) is 37.7. The van der Waals surface area contributed by atoms with Crippen molar-refractivity contribution in [2.45, 2.75) is 10.8 Å². The minimum atomic E-state index is -0.721. The van der Waals surface area contributed by atoms with Crippen molar-refractivity contribution < 1.29 is 20.4 Å². The van der Waals surface area contributed by atoms with E-state index >= 15 is 0 Å². The highest BCUT2D eigenvalue weighted by atomic mass is 16.3. The first-order valence-corrected chi connectivity index (χ1v) is 23.7. The van der Waals surface area contributed by atoms with E-state index < -0.39 is 10.8 Å². The fraction of sp³-hybridized carbons (Fsp3) is 0.0303. The second kappa shape index (κ2) is 14.7. The van der Waals surface area contributed by atoms with Gasteiger partial charge in [-0.3, -0.25) is 0 Å². The van der Waals surface area contributed by atoms with Crippen molar-refractivity contribution >= 4 is 32.3 Å². The van der Waals surface area contributed by atoms with Gasteiger partial charge in [0.25, 0.3) is 0 Å². The Bertz CT molecular complexity index is 3720. The average Bonchev–Trinajstić information content (AvgIpc) is 3.86. The van der Waals surface area contributed by atoms with Gasteiger partial charge in [0.15, 0.2) is 0 Å². The second-order valence-electron chi connectivity index (χ2n) is 18.9. The summed E-state index contributed by atoms with van der Waals surface area (Å²) in [6.45, 7) is 0. The van der Waals surface area contributed by atoms with Gasteiger partial charge in [-0.05, 0) is 182 Å². The van der Waals surface area contributed by atoms with Crippen molar-refractivity contribution in [3.05, 3.63) is 275 Å². The smallest absolute Gasteiger partial charge is 0.115 e. The molecule has 0 heterocycles. The quantitative estimate of drug-likeness (QED) is 0.125. The van der Waals surface area contributed by atoms with Crippen LogP contribution in [0.4, 0.5) is 0 Å². The number of hydrogen-bond donors (Lipinski definition) is 4. The minimum Gasteiger partial charge on any atom is -0.508 e. The third-order valence-corrected chi connectivity index (χ3v) is 15.6. The van der Waals surface area contributed by atoms with Crippen LogP contribution in [0, 0.1) is 0 Å². The molecule has 0 amide bonds. The summed E-state index contributed by atoms with van der Waals surface area (Å²) < 4.78 is 0. The molecule has 4 heteroatoms. The van der Waals surface area contributed by atoms with Gasteiger partial charge in [-0.15, -0.1) is 0 Å². The lowest BCUT2D eigenvalue weighted by Crippen LogP contribution is -2.28. The van der Waals surface area contributed by atoms with Crippen LogP contribution < -0.4 is 0 Å². The Morgan fingerprint density at radius 3 is 0.900 bits per heavy atom. The Hall–Kier alpha value is -9.12. The summed E-state index contributed by atoms with van der Waals surface area (Å²) >= 11 is 0. The molecule has 2 aliphatic carbocycles. The first kappa shape index (κ1) is 40.0. The van der Waals surface area contributed by atoms with Crippen LogP contribution in [0.25, 0.3) is 76.8 Å². The zero-order valence-electron chi connectivity index (χ0n) is 37.7. The molecule has 0 bridgehead atoms. The molecule has 4 nitrogen and oxygen atoms in total. The standard InChI is InChI=1S/C66H42O4/c67-47-23-15-43(16-24-47)65(44-17-25-48(68)26-18-44)59-7-3-1-5-53(59)55-33-13-41(37-61(55)65)51-31-11-39-9-10-40-12-32-52(58-36-35-57(51)63(39)64(40)58)42-14-34-56-54-6-2-4-8-60(54)66(62(56)38-42,45-19-27-49(69)28-20-45)46-21-29-50(70)30-22-46/h1-38,67-70H. The Morgan fingerprint density at radius 2 is 0.543 bits per heavy atom. The lowest BCUT2D eigenvalue weighted by Gasteiger charge is -2.34. The van der Waals surface area contributed by atoms with Crippen molar-refractivity contribution in [3.8, 4) is 67.5 Å². The molecule has 4 N–H and O–H groups in total. The second-order valence-corrected chi connectivity index (χ2v) is 18.9. The molecule has 0 radical (unpaired) electrons. The normalized spacial score (nSPS) is 13.9. The zero-order chi connectivity index (χ0) is 46.9. The van der Waals surface area contributed by atoms with E-state index in [4.69, 9.17) is 0 Å². The number of aromatic hydroxyl groups is 4. The van der Waals surface area contributed by atoms with Gasteiger partial charge >= 0.3 is 0 Å². The topological polar surface area (TPSA) is 80.9 Å². The third-order valence-electron chi connectivity index (χ3n) is 15.6. The van der Waals surface area contributed by atoms with Crippen LogP contribution in [0.3, 0.4) is 0 Å². The summed E-state index contributed by atoms with van der Waals surface area (Å²) in [5.74, 6) is 0.832. The SMILES string of the molecule is Oc1ccc(C2(c3ccc(O)cc3)c3ccccc3-c3ccc(-c4ccc5ccc6ccc(-c7ccc8c(c7)C(c7ccc(O)cc7)(c7ccc(O)cc7)c7ccccc7-8)c7ccc4c5c67)cc32)cc1. The molecular weight excluding hydrogens is 857 g/mol. The summed E-state index contributed by atoms with van der Waals surface area (Å²) in [7, 11) is 0. The maximum absolute atomic E-state index is 10.5. The van der Waals surface area contributed by atoms with Gasteiger partial charge in [0.1, 0.15) is 23.0 Å². The van der Waals surface area contributed by atoms with Crippen molar-refractivity contribution in [2.24, 2.45) is 0 Å². The molecule has 12 aromatic rings. The molecule has 0 aliphatic heterocycles. The molecule has 0 fully saturated rings. The Labute approximate surface area is 404 Å². The molecule has 0 atom stereocenters. The average molecular weight is 899 g/mol. The molecule has 12 aromatic carbocycles. The van der Waals surface area contributed by atoms with E-state index in [0.717, 1.165) is 89.0 Å². The summed E-state index contributed by atoms with van der Waals surface area (Å²) in [6.07, 6.45) is 0. The van der Waals surface area contributed by atoms with E-state index in [1.54, 1.807) is 48.5 Å². The number of rotatable bonds is 6. The fourth-order valence-electron chi connectivity index (χ4n) is 12.6. The molecule has 0 saturated heterocycles. The van der Waals surface area contributed by atoms with Gasteiger partial charge < -0.3 is 20.4 Å². The van der Waals surface area contributed by atoms with Crippen LogP contribution in [0.1, 0.15) is 44.5 Å². The van der Waals surface area contributed by atoms with E-state index in [1.807, 2.05) is 48.5 Å². The number of benzene rings is 12. The van der Waals surface area contributed by atoms with Gasteiger partial charge in [-0.2, -0.15) is 0 Å². The fourth-order valence-corrected chi connectivity index (χ4v) is 12.6. The van der Waals surface area contributed by atoms with Gasteiger partial charge in [0, 0.05) is 0 Å².